The summed E-state index contributed by atoms with van der Waals surface area (Å²) in [7, 11) is 0. The predicted molar refractivity (Wildman–Crippen MR) is 98.0 cm³/mol. The summed E-state index contributed by atoms with van der Waals surface area (Å²) in [6.45, 7) is 5.45. The van der Waals surface area contributed by atoms with Crippen molar-refractivity contribution in [2.75, 3.05) is 24.6 Å². The molecule has 3 rings (SSSR count). The van der Waals surface area contributed by atoms with Crippen LogP contribution in [-0.4, -0.2) is 29.8 Å². The van der Waals surface area contributed by atoms with Gasteiger partial charge in [0.2, 0.25) is 0 Å². The number of aliphatic hydroxyl groups is 1. The number of anilines is 1. The highest BCUT2D eigenvalue weighted by atomic mass is 16.3. The van der Waals surface area contributed by atoms with Crippen molar-refractivity contribution in [2.45, 2.75) is 32.4 Å². The fourth-order valence-electron chi connectivity index (χ4n) is 3.24. The van der Waals surface area contributed by atoms with Gasteiger partial charge >= 0.3 is 0 Å². The van der Waals surface area contributed by atoms with E-state index >= 15 is 0 Å². The summed E-state index contributed by atoms with van der Waals surface area (Å²) in [5.41, 5.74) is 3.84. The Morgan fingerprint density at radius 2 is 1.79 bits per heavy atom. The minimum absolute atomic E-state index is 0.310. The Morgan fingerprint density at radius 3 is 2.42 bits per heavy atom. The Hall–Kier alpha value is -1.91. The normalized spacial score (nSPS) is 17.0. The van der Waals surface area contributed by atoms with Crippen LogP contribution in [0.3, 0.4) is 0 Å². The van der Waals surface area contributed by atoms with Gasteiger partial charge in [0.15, 0.2) is 0 Å². The van der Waals surface area contributed by atoms with Crippen LogP contribution in [0.2, 0.25) is 0 Å². The molecule has 0 bridgehead atoms. The number of hydrogen-bond acceptors (Lipinski definition) is 4. The Morgan fingerprint density at radius 1 is 1.12 bits per heavy atom. The minimum atomic E-state index is 0.310. The van der Waals surface area contributed by atoms with Crippen molar-refractivity contribution in [3.8, 4) is 0 Å². The van der Waals surface area contributed by atoms with Gasteiger partial charge in [-0.2, -0.15) is 0 Å². The van der Waals surface area contributed by atoms with Crippen LogP contribution in [0.5, 0.6) is 0 Å². The van der Waals surface area contributed by atoms with Crippen molar-refractivity contribution >= 4 is 5.69 Å². The molecule has 2 N–H and O–H groups in total. The first-order chi connectivity index (χ1) is 11.8. The highest BCUT2D eigenvalue weighted by Gasteiger charge is 2.18. The quantitative estimate of drug-likeness (QED) is 0.856. The molecule has 1 fully saturated rings. The second kappa shape index (κ2) is 8.27. The third-order valence-corrected chi connectivity index (χ3v) is 4.99. The van der Waals surface area contributed by atoms with Crippen LogP contribution in [0.25, 0.3) is 0 Å². The summed E-state index contributed by atoms with van der Waals surface area (Å²) in [5.74, 6) is 0.486. The Kier molecular flexibility index (Phi) is 5.83. The van der Waals surface area contributed by atoms with Crippen LogP contribution in [0, 0.1) is 5.92 Å². The van der Waals surface area contributed by atoms with Crippen LogP contribution in [-0.2, 0) is 6.54 Å². The first-order valence-corrected chi connectivity index (χ1v) is 8.84. The van der Waals surface area contributed by atoms with Crippen molar-refractivity contribution in [3.63, 3.8) is 0 Å². The largest absolute Gasteiger partial charge is 0.396 e. The average Bonchev–Trinajstić information content (AvgIpc) is 2.67. The molecule has 1 aliphatic heterocycles. The summed E-state index contributed by atoms with van der Waals surface area (Å²) in [6.07, 6.45) is 5.84. The van der Waals surface area contributed by atoms with Gasteiger partial charge in [0.05, 0.1) is 0 Å². The smallest absolute Gasteiger partial charge is 0.0460 e. The van der Waals surface area contributed by atoms with E-state index in [1.807, 2.05) is 12.4 Å². The number of piperidine rings is 1. The zero-order chi connectivity index (χ0) is 16.8. The maximum absolute atomic E-state index is 9.24. The molecule has 4 heteroatoms. The van der Waals surface area contributed by atoms with Crippen LogP contribution in [0.1, 0.15) is 36.9 Å². The molecule has 1 unspecified atom stereocenters. The lowest BCUT2D eigenvalue weighted by atomic mass is 9.97. The fraction of sp³-hybridized carbons (Fsp3) is 0.450. The Balaban J connectivity index is 1.51. The molecule has 128 valence electrons. The van der Waals surface area contributed by atoms with Crippen molar-refractivity contribution in [3.05, 3.63) is 59.9 Å². The first kappa shape index (κ1) is 16.9. The average molecular weight is 325 g/mol. The maximum atomic E-state index is 9.24. The van der Waals surface area contributed by atoms with E-state index in [0.29, 0.717) is 18.6 Å². The number of hydrogen-bond donors (Lipinski definition) is 2. The molecule has 0 amide bonds. The summed E-state index contributed by atoms with van der Waals surface area (Å²) < 4.78 is 0. The van der Waals surface area contributed by atoms with Crippen molar-refractivity contribution in [1.82, 2.24) is 10.3 Å². The summed E-state index contributed by atoms with van der Waals surface area (Å²) in [4.78, 5) is 6.48. The molecule has 0 radical (unpaired) electrons. The molecule has 1 aliphatic rings. The van der Waals surface area contributed by atoms with Crippen LogP contribution >= 0.6 is 0 Å². The molecule has 1 atom stereocenters. The Labute approximate surface area is 144 Å². The predicted octanol–water partition coefficient (Wildman–Crippen LogP) is 3.14. The topological polar surface area (TPSA) is 48.4 Å². The molecule has 0 saturated carbocycles. The first-order valence-electron chi connectivity index (χ1n) is 8.84. The molecule has 24 heavy (non-hydrogen) atoms. The third kappa shape index (κ3) is 4.34. The Bertz CT molecular complexity index is 607. The number of aliphatic hydroxyl groups excluding tert-OH is 1. The van der Waals surface area contributed by atoms with Crippen LogP contribution in [0.4, 0.5) is 5.69 Å². The van der Waals surface area contributed by atoms with Crippen molar-refractivity contribution in [2.24, 2.45) is 5.92 Å². The third-order valence-electron chi connectivity index (χ3n) is 4.99. The van der Waals surface area contributed by atoms with E-state index in [1.54, 1.807) is 0 Å². The second-order valence-corrected chi connectivity index (χ2v) is 6.66. The van der Waals surface area contributed by atoms with E-state index in [0.717, 1.165) is 32.5 Å². The van der Waals surface area contributed by atoms with Gasteiger partial charge in [-0.15, -0.1) is 0 Å². The standard InChI is InChI=1S/C20H27N3O/c1-16(19-6-10-21-11-7-19)22-14-17-2-4-20(5-3-17)23-12-8-18(15-24)9-13-23/h2-7,10-11,16,18,22,24H,8-9,12-15H2,1H3. The highest BCUT2D eigenvalue weighted by Crippen LogP contribution is 2.23. The highest BCUT2D eigenvalue weighted by molar-refractivity contribution is 5.48. The van der Waals surface area contributed by atoms with Gasteiger partial charge in [-0.1, -0.05) is 12.1 Å². The van der Waals surface area contributed by atoms with E-state index in [9.17, 15) is 5.11 Å². The van der Waals surface area contributed by atoms with E-state index in [1.165, 1.54) is 16.8 Å². The SMILES string of the molecule is CC(NCc1ccc(N2CCC(CO)CC2)cc1)c1ccncc1. The molecular formula is C20H27N3O. The number of benzene rings is 1. The van der Waals surface area contributed by atoms with Crippen LogP contribution in [0.15, 0.2) is 48.8 Å². The molecule has 0 spiro atoms. The molecule has 4 nitrogen and oxygen atoms in total. The molecule has 2 aromatic rings. The van der Waals surface area contributed by atoms with Gasteiger partial charge in [0.25, 0.3) is 0 Å². The van der Waals surface area contributed by atoms with E-state index in [-0.39, 0.29) is 0 Å². The van der Waals surface area contributed by atoms with Gasteiger partial charge in [-0.05, 0) is 61.1 Å². The molecule has 2 heterocycles. The lowest BCUT2D eigenvalue weighted by molar-refractivity contribution is 0.203. The van der Waals surface area contributed by atoms with Crippen molar-refractivity contribution < 1.29 is 5.11 Å². The number of nitrogens with one attached hydrogen (secondary N) is 1. The number of aromatic nitrogens is 1. The summed E-state index contributed by atoms with van der Waals surface area (Å²) >= 11 is 0. The number of pyridine rings is 1. The lowest BCUT2D eigenvalue weighted by Gasteiger charge is -2.33. The minimum Gasteiger partial charge on any atom is -0.396 e. The lowest BCUT2D eigenvalue weighted by Crippen LogP contribution is -2.34. The fourth-order valence-corrected chi connectivity index (χ4v) is 3.24. The van der Waals surface area contributed by atoms with Gasteiger partial charge < -0.3 is 15.3 Å². The molecule has 1 saturated heterocycles. The molecule has 1 aromatic heterocycles. The van der Waals surface area contributed by atoms with Gasteiger partial charge in [-0.3, -0.25) is 4.98 Å². The summed E-state index contributed by atoms with van der Waals surface area (Å²) in [6, 6.07) is 13.3. The molecule has 1 aromatic carbocycles. The van der Waals surface area contributed by atoms with Crippen LogP contribution < -0.4 is 10.2 Å². The number of rotatable bonds is 6. The zero-order valence-electron chi connectivity index (χ0n) is 14.4. The second-order valence-electron chi connectivity index (χ2n) is 6.66. The van der Waals surface area contributed by atoms with Crippen molar-refractivity contribution in [1.29, 1.82) is 0 Å². The van der Waals surface area contributed by atoms with Gasteiger partial charge in [0.1, 0.15) is 0 Å². The van der Waals surface area contributed by atoms with E-state index in [2.05, 4.69) is 58.5 Å². The monoisotopic (exact) mass is 325 g/mol. The van der Waals surface area contributed by atoms with Gasteiger partial charge in [0, 0.05) is 50.4 Å². The molecular weight excluding hydrogens is 298 g/mol. The van der Waals surface area contributed by atoms with E-state index < -0.39 is 0 Å². The summed E-state index contributed by atoms with van der Waals surface area (Å²) in [5, 5.41) is 12.8. The maximum Gasteiger partial charge on any atom is 0.0460 e. The zero-order valence-corrected chi connectivity index (χ0v) is 14.4. The number of nitrogens with zero attached hydrogens (tertiary/aromatic N) is 2. The van der Waals surface area contributed by atoms with E-state index in [4.69, 9.17) is 0 Å². The van der Waals surface area contributed by atoms with Gasteiger partial charge in [-0.25, -0.2) is 0 Å². The molecule has 0 aliphatic carbocycles.